The van der Waals surface area contributed by atoms with Gasteiger partial charge >= 0.3 is 11.9 Å². The minimum atomic E-state index is -1.10. The summed E-state index contributed by atoms with van der Waals surface area (Å²) in [6, 6.07) is 13.6. The number of aromatic nitrogens is 2. The molecule has 1 heterocycles. The van der Waals surface area contributed by atoms with Crippen LogP contribution in [0.25, 0.3) is 11.4 Å². The summed E-state index contributed by atoms with van der Waals surface area (Å²) in [6.07, 6.45) is 2.72. The number of rotatable bonds is 7. The number of carboxylic acids is 1. The molecule has 2 aromatic carbocycles. The number of carboxylic acid groups (broad SMARTS) is 1. The van der Waals surface area contributed by atoms with Gasteiger partial charge in [0.1, 0.15) is 11.6 Å². The van der Waals surface area contributed by atoms with E-state index in [1.807, 2.05) is 24.3 Å². The van der Waals surface area contributed by atoms with Crippen molar-refractivity contribution < 1.29 is 24.2 Å². The minimum Gasteiger partial charge on any atom is -0.478 e. The second-order valence-corrected chi connectivity index (χ2v) is 10.9. The first kappa shape index (κ1) is 27.5. The van der Waals surface area contributed by atoms with Crippen LogP contribution in [0.2, 0.25) is 0 Å². The first-order valence-electron chi connectivity index (χ1n) is 12.0. The molecule has 3 aromatic rings. The summed E-state index contributed by atoms with van der Waals surface area (Å²) in [4.78, 5) is 45.2. The highest BCUT2D eigenvalue weighted by atomic mass is 16.6. The van der Waals surface area contributed by atoms with Gasteiger partial charge in [-0.2, -0.15) is 0 Å². The van der Waals surface area contributed by atoms with Crippen LogP contribution < -0.4 is 5.32 Å². The Balaban J connectivity index is 1.78. The fourth-order valence-electron chi connectivity index (χ4n) is 3.54. The Labute approximate surface area is 217 Å². The van der Waals surface area contributed by atoms with Gasteiger partial charge in [0.05, 0.1) is 5.56 Å². The molecule has 0 fully saturated rings. The molecule has 37 heavy (non-hydrogen) atoms. The van der Waals surface area contributed by atoms with Gasteiger partial charge in [0, 0.05) is 29.9 Å². The van der Waals surface area contributed by atoms with E-state index in [9.17, 15) is 14.4 Å². The Morgan fingerprint density at radius 2 is 1.43 bits per heavy atom. The van der Waals surface area contributed by atoms with Crippen molar-refractivity contribution >= 4 is 17.8 Å². The first-order chi connectivity index (χ1) is 17.2. The van der Waals surface area contributed by atoms with Gasteiger partial charge in [-0.1, -0.05) is 57.2 Å². The van der Waals surface area contributed by atoms with Crippen LogP contribution in [0.1, 0.15) is 73.4 Å². The smallest absolute Gasteiger partial charge is 0.338 e. The predicted octanol–water partition coefficient (Wildman–Crippen LogP) is 4.82. The Bertz CT molecular complexity index is 1250. The summed E-state index contributed by atoms with van der Waals surface area (Å²) in [5.41, 5.74) is 2.31. The predicted molar refractivity (Wildman–Crippen MR) is 140 cm³/mol. The van der Waals surface area contributed by atoms with Crippen molar-refractivity contribution in [3.8, 4) is 11.4 Å². The van der Waals surface area contributed by atoms with E-state index in [4.69, 9.17) is 9.84 Å². The summed E-state index contributed by atoms with van der Waals surface area (Å²) in [5, 5.41) is 11.8. The lowest BCUT2D eigenvalue weighted by Crippen LogP contribution is -2.45. The van der Waals surface area contributed by atoms with Crippen molar-refractivity contribution in [2.45, 2.75) is 65.0 Å². The highest BCUT2D eigenvalue weighted by Crippen LogP contribution is 2.22. The molecule has 0 unspecified atom stereocenters. The van der Waals surface area contributed by atoms with E-state index in [-0.39, 0.29) is 23.3 Å². The summed E-state index contributed by atoms with van der Waals surface area (Å²) in [5.74, 6) is -1.60. The molecule has 0 spiro atoms. The number of carbonyl (C=O) groups excluding carboxylic acids is 2. The van der Waals surface area contributed by atoms with Crippen molar-refractivity contribution in [3.05, 3.63) is 83.2 Å². The summed E-state index contributed by atoms with van der Waals surface area (Å²) in [6.45, 7) is 11.6. The van der Waals surface area contributed by atoms with Crippen LogP contribution in [0.3, 0.4) is 0 Å². The van der Waals surface area contributed by atoms with Gasteiger partial charge in [-0.05, 0) is 49.4 Å². The van der Waals surface area contributed by atoms with Gasteiger partial charge in [-0.15, -0.1) is 0 Å². The van der Waals surface area contributed by atoms with Crippen LogP contribution in [-0.2, 0) is 21.4 Å². The van der Waals surface area contributed by atoms with Gasteiger partial charge in [-0.3, -0.25) is 4.79 Å². The maximum atomic E-state index is 13.0. The quantitative estimate of drug-likeness (QED) is 0.444. The molecule has 0 saturated heterocycles. The number of carbonyl (C=O) groups is 3. The van der Waals surface area contributed by atoms with E-state index in [0.29, 0.717) is 17.0 Å². The Hall–Kier alpha value is -4.07. The molecular formula is C29H33N3O5. The maximum absolute atomic E-state index is 13.0. The molecule has 1 amide bonds. The molecule has 8 nitrogen and oxygen atoms in total. The highest BCUT2D eigenvalue weighted by Gasteiger charge is 2.27. The lowest BCUT2D eigenvalue weighted by Gasteiger charge is -2.25. The van der Waals surface area contributed by atoms with Crippen molar-refractivity contribution in [2.75, 3.05) is 0 Å². The van der Waals surface area contributed by atoms with Gasteiger partial charge in [-0.25, -0.2) is 19.6 Å². The van der Waals surface area contributed by atoms with Crippen LogP contribution in [0.4, 0.5) is 0 Å². The monoisotopic (exact) mass is 503 g/mol. The number of hydrogen-bond donors (Lipinski definition) is 2. The number of ether oxygens (including phenoxy) is 1. The topological polar surface area (TPSA) is 118 Å². The summed E-state index contributed by atoms with van der Waals surface area (Å²) in [7, 11) is 0. The summed E-state index contributed by atoms with van der Waals surface area (Å²) < 4.78 is 5.57. The molecule has 0 saturated carbocycles. The number of amides is 1. The van der Waals surface area contributed by atoms with E-state index in [1.54, 1.807) is 45.0 Å². The van der Waals surface area contributed by atoms with E-state index >= 15 is 0 Å². The zero-order valence-electron chi connectivity index (χ0n) is 22.0. The van der Waals surface area contributed by atoms with E-state index < -0.39 is 23.6 Å². The van der Waals surface area contributed by atoms with E-state index in [0.717, 1.165) is 11.1 Å². The summed E-state index contributed by atoms with van der Waals surface area (Å²) >= 11 is 0. The number of benzene rings is 2. The van der Waals surface area contributed by atoms with E-state index in [1.165, 1.54) is 12.4 Å². The third kappa shape index (κ3) is 7.70. The van der Waals surface area contributed by atoms with E-state index in [2.05, 4.69) is 36.1 Å². The second-order valence-electron chi connectivity index (χ2n) is 10.9. The van der Waals surface area contributed by atoms with Crippen molar-refractivity contribution in [2.24, 2.45) is 0 Å². The van der Waals surface area contributed by atoms with Gasteiger partial charge in [0.15, 0.2) is 5.82 Å². The Morgan fingerprint density at radius 1 is 0.865 bits per heavy atom. The SMILES string of the molecule is CC(C)(C)OC(=O)[C@H](Cc1ccc(-c2ncc(C(=O)O)cn2)cc1)NC(=O)c1ccc(C(C)(C)C)cc1. The van der Waals surface area contributed by atoms with Crippen LogP contribution in [0.5, 0.6) is 0 Å². The molecule has 194 valence electrons. The van der Waals surface area contributed by atoms with Crippen molar-refractivity contribution in [3.63, 3.8) is 0 Å². The standard InChI is InChI=1S/C29H33N3O5/c1-28(2,3)22-13-11-20(12-14-22)25(33)32-23(27(36)37-29(4,5)6)15-18-7-9-19(10-8-18)24-30-16-21(17-31-24)26(34)35/h7-14,16-17,23H,15H2,1-6H3,(H,32,33)(H,34,35)/t23-/m0/s1. The molecule has 1 atom stereocenters. The molecule has 8 heteroatoms. The largest absolute Gasteiger partial charge is 0.478 e. The normalized spacial score (nSPS) is 12.5. The number of hydrogen-bond acceptors (Lipinski definition) is 6. The number of esters is 1. The van der Waals surface area contributed by atoms with Crippen LogP contribution in [-0.4, -0.2) is 44.6 Å². The number of aromatic carboxylic acids is 1. The zero-order chi connectivity index (χ0) is 27.4. The van der Waals surface area contributed by atoms with Gasteiger partial charge in [0.2, 0.25) is 0 Å². The molecule has 0 aliphatic carbocycles. The molecule has 0 radical (unpaired) electrons. The fraction of sp³-hybridized carbons (Fsp3) is 0.345. The van der Waals surface area contributed by atoms with Gasteiger partial charge < -0.3 is 15.2 Å². The number of nitrogens with one attached hydrogen (secondary N) is 1. The number of nitrogens with zero attached hydrogens (tertiary/aromatic N) is 2. The molecule has 0 aliphatic rings. The molecular weight excluding hydrogens is 470 g/mol. The fourth-order valence-corrected chi connectivity index (χ4v) is 3.54. The molecule has 2 N–H and O–H groups in total. The third-order valence-corrected chi connectivity index (χ3v) is 5.56. The first-order valence-corrected chi connectivity index (χ1v) is 12.0. The minimum absolute atomic E-state index is 0.00404. The Morgan fingerprint density at radius 3 is 1.92 bits per heavy atom. The third-order valence-electron chi connectivity index (χ3n) is 5.56. The lowest BCUT2D eigenvalue weighted by atomic mass is 9.86. The zero-order valence-corrected chi connectivity index (χ0v) is 22.0. The van der Waals surface area contributed by atoms with Gasteiger partial charge in [0.25, 0.3) is 5.91 Å². The molecule has 0 aliphatic heterocycles. The van der Waals surface area contributed by atoms with Crippen LogP contribution in [0, 0.1) is 0 Å². The molecule has 1 aromatic heterocycles. The molecule has 3 rings (SSSR count). The maximum Gasteiger partial charge on any atom is 0.338 e. The van der Waals surface area contributed by atoms with Crippen molar-refractivity contribution in [1.29, 1.82) is 0 Å². The molecule has 0 bridgehead atoms. The van der Waals surface area contributed by atoms with Crippen LogP contribution in [0.15, 0.2) is 60.9 Å². The average molecular weight is 504 g/mol. The average Bonchev–Trinajstić information content (AvgIpc) is 2.82. The second kappa shape index (κ2) is 10.9. The highest BCUT2D eigenvalue weighted by molar-refractivity contribution is 5.97. The van der Waals surface area contributed by atoms with Crippen molar-refractivity contribution in [1.82, 2.24) is 15.3 Å². The van der Waals surface area contributed by atoms with Crippen LogP contribution >= 0.6 is 0 Å². The Kier molecular flexibility index (Phi) is 8.11. The lowest BCUT2D eigenvalue weighted by molar-refractivity contribution is -0.157.